The van der Waals surface area contributed by atoms with Crippen LogP contribution in [0, 0.1) is 0 Å². The Labute approximate surface area is 130 Å². The van der Waals surface area contributed by atoms with Crippen LogP contribution in [0.2, 0.25) is 0 Å². The van der Waals surface area contributed by atoms with E-state index in [1.165, 1.54) is 0 Å². The van der Waals surface area contributed by atoms with Gasteiger partial charge in [-0.3, -0.25) is 14.3 Å². The maximum Gasteiger partial charge on any atom is 0.276 e. The molecule has 2 amide bonds. The maximum absolute atomic E-state index is 12.7. The summed E-state index contributed by atoms with van der Waals surface area (Å²) in [6.07, 6.45) is 4.17. The summed E-state index contributed by atoms with van der Waals surface area (Å²) in [4.78, 5) is 28.3. The standard InChI is InChI=1S/C14H24N6O2/c1-3-4-5-12-14(22)18(2)8-9-20(12)13(21)11-10-19(7-6-15)17-16-11/h10,12H,3-9,15H2,1-2H3/t12-/m1/s1. The molecule has 8 nitrogen and oxygen atoms in total. The number of amides is 2. The van der Waals surface area contributed by atoms with Gasteiger partial charge in [-0.05, 0) is 6.42 Å². The third-order valence-electron chi connectivity index (χ3n) is 3.92. The number of carbonyl (C=O) groups is 2. The predicted octanol–water partition coefficient (Wildman–Crippen LogP) is -0.290. The van der Waals surface area contributed by atoms with Crippen LogP contribution in [0.15, 0.2) is 6.20 Å². The number of rotatable bonds is 6. The monoisotopic (exact) mass is 308 g/mol. The van der Waals surface area contributed by atoms with Gasteiger partial charge in [-0.2, -0.15) is 0 Å². The molecular formula is C14H24N6O2. The number of aromatic nitrogens is 3. The van der Waals surface area contributed by atoms with Gasteiger partial charge in [-0.25, -0.2) is 0 Å². The Morgan fingerprint density at radius 1 is 1.45 bits per heavy atom. The molecule has 2 N–H and O–H groups in total. The average Bonchev–Trinajstić information content (AvgIpc) is 2.97. The first-order valence-electron chi connectivity index (χ1n) is 7.74. The summed E-state index contributed by atoms with van der Waals surface area (Å²) in [5, 5.41) is 7.80. The van der Waals surface area contributed by atoms with Crippen molar-refractivity contribution in [2.45, 2.75) is 38.8 Å². The Kier molecular flexibility index (Phi) is 5.48. The number of nitrogens with zero attached hydrogens (tertiary/aromatic N) is 5. The molecule has 1 aliphatic rings. The van der Waals surface area contributed by atoms with Crippen LogP contribution in [-0.4, -0.2) is 69.3 Å². The molecule has 0 saturated carbocycles. The Bertz CT molecular complexity index is 529. The minimum atomic E-state index is -0.397. The van der Waals surface area contributed by atoms with Crippen molar-refractivity contribution in [1.82, 2.24) is 24.8 Å². The topological polar surface area (TPSA) is 97.4 Å². The SMILES string of the molecule is CCCC[C@@H]1C(=O)N(C)CCN1C(=O)c1cn(CCN)nn1. The van der Waals surface area contributed by atoms with E-state index < -0.39 is 6.04 Å². The van der Waals surface area contributed by atoms with Crippen molar-refractivity contribution in [3.8, 4) is 0 Å². The molecule has 1 aliphatic heterocycles. The summed E-state index contributed by atoms with van der Waals surface area (Å²) >= 11 is 0. The smallest absolute Gasteiger partial charge is 0.276 e. The average molecular weight is 308 g/mol. The molecule has 2 rings (SSSR count). The van der Waals surface area contributed by atoms with Gasteiger partial charge >= 0.3 is 0 Å². The molecule has 1 fully saturated rings. The van der Waals surface area contributed by atoms with E-state index in [1.807, 2.05) is 0 Å². The molecule has 1 saturated heterocycles. The molecule has 1 aromatic heterocycles. The lowest BCUT2D eigenvalue weighted by atomic mass is 10.0. The highest BCUT2D eigenvalue weighted by Crippen LogP contribution is 2.18. The zero-order chi connectivity index (χ0) is 16.1. The molecule has 0 aromatic carbocycles. The van der Waals surface area contributed by atoms with Crippen molar-refractivity contribution in [3.63, 3.8) is 0 Å². The van der Waals surface area contributed by atoms with Crippen LogP contribution in [0.4, 0.5) is 0 Å². The van der Waals surface area contributed by atoms with E-state index in [0.717, 1.165) is 12.8 Å². The normalized spacial score (nSPS) is 18.9. The van der Waals surface area contributed by atoms with Gasteiger partial charge in [0.1, 0.15) is 6.04 Å². The maximum atomic E-state index is 12.7. The van der Waals surface area contributed by atoms with Crippen molar-refractivity contribution < 1.29 is 9.59 Å². The van der Waals surface area contributed by atoms with E-state index in [9.17, 15) is 9.59 Å². The first-order chi connectivity index (χ1) is 10.6. The van der Waals surface area contributed by atoms with Gasteiger partial charge in [0.2, 0.25) is 5.91 Å². The van der Waals surface area contributed by atoms with Crippen LogP contribution in [0.3, 0.4) is 0 Å². The quantitative estimate of drug-likeness (QED) is 0.779. The molecule has 122 valence electrons. The van der Waals surface area contributed by atoms with Crippen molar-refractivity contribution in [2.24, 2.45) is 5.73 Å². The fraction of sp³-hybridized carbons (Fsp3) is 0.714. The van der Waals surface area contributed by atoms with E-state index in [2.05, 4.69) is 17.2 Å². The second-order valence-corrected chi connectivity index (χ2v) is 5.57. The summed E-state index contributed by atoms with van der Waals surface area (Å²) in [6.45, 7) is 4.09. The van der Waals surface area contributed by atoms with Crippen LogP contribution in [0.1, 0.15) is 36.7 Å². The molecule has 1 atom stereocenters. The first kappa shape index (κ1) is 16.4. The van der Waals surface area contributed by atoms with Crippen molar-refractivity contribution >= 4 is 11.8 Å². The highest BCUT2D eigenvalue weighted by Gasteiger charge is 2.36. The van der Waals surface area contributed by atoms with E-state index >= 15 is 0 Å². The highest BCUT2D eigenvalue weighted by atomic mass is 16.2. The fourth-order valence-electron chi connectivity index (χ4n) is 2.62. The van der Waals surface area contributed by atoms with Crippen molar-refractivity contribution in [2.75, 3.05) is 26.7 Å². The van der Waals surface area contributed by atoms with E-state index in [1.54, 1.807) is 27.7 Å². The highest BCUT2D eigenvalue weighted by molar-refractivity contribution is 5.96. The lowest BCUT2D eigenvalue weighted by molar-refractivity contribution is -0.138. The van der Waals surface area contributed by atoms with Crippen LogP contribution in [-0.2, 0) is 11.3 Å². The largest absolute Gasteiger partial charge is 0.342 e. The van der Waals surface area contributed by atoms with Crippen molar-refractivity contribution in [1.29, 1.82) is 0 Å². The van der Waals surface area contributed by atoms with Gasteiger partial charge in [0, 0.05) is 26.7 Å². The van der Waals surface area contributed by atoms with Crippen LogP contribution in [0.5, 0.6) is 0 Å². The molecule has 2 heterocycles. The third kappa shape index (κ3) is 3.44. The Hall–Kier alpha value is -1.96. The molecule has 0 unspecified atom stereocenters. The van der Waals surface area contributed by atoms with Gasteiger partial charge in [-0.15, -0.1) is 5.10 Å². The van der Waals surface area contributed by atoms with Gasteiger partial charge in [0.05, 0.1) is 12.7 Å². The third-order valence-corrected chi connectivity index (χ3v) is 3.92. The van der Waals surface area contributed by atoms with Gasteiger partial charge in [0.15, 0.2) is 5.69 Å². The van der Waals surface area contributed by atoms with E-state index in [4.69, 9.17) is 5.73 Å². The number of hydrogen-bond donors (Lipinski definition) is 1. The molecule has 8 heteroatoms. The number of nitrogens with two attached hydrogens (primary N) is 1. The van der Waals surface area contributed by atoms with Crippen LogP contribution < -0.4 is 5.73 Å². The minimum Gasteiger partial charge on any atom is -0.342 e. The molecule has 0 radical (unpaired) electrons. The minimum absolute atomic E-state index is 0.00222. The molecule has 0 aliphatic carbocycles. The zero-order valence-electron chi connectivity index (χ0n) is 13.2. The van der Waals surface area contributed by atoms with Crippen molar-refractivity contribution in [3.05, 3.63) is 11.9 Å². The first-order valence-corrected chi connectivity index (χ1v) is 7.74. The second-order valence-electron chi connectivity index (χ2n) is 5.57. The Morgan fingerprint density at radius 2 is 2.23 bits per heavy atom. The van der Waals surface area contributed by atoms with Gasteiger partial charge in [-0.1, -0.05) is 25.0 Å². The summed E-state index contributed by atoms with van der Waals surface area (Å²) < 4.78 is 1.55. The summed E-state index contributed by atoms with van der Waals surface area (Å²) in [5.74, 6) is -0.228. The number of hydrogen-bond acceptors (Lipinski definition) is 5. The Balaban J connectivity index is 2.15. The number of piperazine rings is 1. The lowest BCUT2D eigenvalue weighted by Gasteiger charge is -2.38. The number of carbonyl (C=O) groups excluding carboxylic acids is 2. The van der Waals surface area contributed by atoms with Gasteiger partial charge < -0.3 is 15.5 Å². The van der Waals surface area contributed by atoms with Gasteiger partial charge in [0.25, 0.3) is 5.91 Å². The number of likely N-dealkylation sites (N-methyl/N-ethyl adjacent to an activating group) is 1. The zero-order valence-corrected chi connectivity index (χ0v) is 13.2. The molecular weight excluding hydrogens is 284 g/mol. The van der Waals surface area contributed by atoms with E-state index in [-0.39, 0.29) is 17.5 Å². The van der Waals surface area contributed by atoms with Crippen LogP contribution >= 0.6 is 0 Å². The van der Waals surface area contributed by atoms with E-state index in [0.29, 0.717) is 32.6 Å². The predicted molar refractivity (Wildman–Crippen MR) is 81.1 cm³/mol. The summed E-state index contributed by atoms with van der Waals surface area (Å²) in [7, 11) is 1.78. The fourth-order valence-corrected chi connectivity index (χ4v) is 2.62. The summed E-state index contributed by atoms with van der Waals surface area (Å²) in [6, 6.07) is -0.397. The van der Waals surface area contributed by atoms with Crippen LogP contribution in [0.25, 0.3) is 0 Å². The molecule has 1 aromatic rings. The summed E-state index contributed by atoms with van der Waals surface area (Å²) in [5.41, 5.74) is 5.74. The molecule has 0 spiro atoms. The Morgan fingerprint density at radius 3 is 2.91 bits per heavy atom. The molecule has 0 bridgehead atoms. The number of unbranched alkanes of at least 4 members (excludes halogenated alkanes) is 1. The second kappa shape index (κ2) is 7.35. The lowest BCUT2D eigenvalue weighted by Crippen LogP contribution is -2.57. The molecule has 22 heavy (non-hydrogen) atoms.